The Morgan fingerprint density at radius 3 is 2.38 bits per heavy atom. The van der Waals surface area contributed by atoms with Crippen molar-refractivity contribution >= 4 is 29.6 Å². The molecular weight excluding hydrogens is 440 g/mol. The van der Waals surface area contributed by atoms with Gasteiger partial charge in [0, 0.05) is 27.1 Å². The number of amides is 4. The minimum Gasteiger partial charge on any atom is -0.450 e. The van der Waals surface area contributed by atoms with Crippen LogP contribution >= 0.6 is 0 Å². The fraction of sp³-hybridized carbons (Fsp3) is 0.708. The van der Waals surface area contributed by atoms with Crippen LogP contribution in [0.5, 0.6) is 0 Å². The molecule has 0 aromatic carbocycles. The number of esters is 1. The number of hydrogen-bond acceptors (Lipinski definition) is 6. The van der Waals surface area contributed by atoms with Gasteiger partial charge in [-0.3, -0.25) is 19.2 Å². The van der Waals surface area contributed by atoms with Gasteiger partial charge in [-0.25, -0.2) is 4.79 Å². The van der Waals surface area contributed by atoms with Gasteiger partial charge in [0.2, 0.25) is 17.7 Å². The number of carbonyl (C=O) groups excluding carboxylic acids is 5. The molecule has 0 radical (unpaired) electrons. The van der Waals surface area contributed by atoms with Gasteiger partial charge < -0.3 is 24.8 Å². The molecular formula is C24H38N4O6. The van der Waals surface area contributed by atoms with Crippen LogP contribution in [0.15, 0.2) is 12.7 Å². The van der Waals surface area contributed by atoms with Crippen molar-refractivity contribution in [3.8, 4) is 0 Å². The summed E-state index contributed by atoms with van der Waals surface area (Å²) in [7, 11) is 2.91. The third kappa shape index (κ3) is 5.77. The first kappa shape index (κ1) is 27.3. The molecule has 4 amide bonds. The molecule has 1 N–H and O–H groups in total. The molecule has 10 heteroatoms. The average molecular weight is 479 g/mol. The smallest absolute Gasteiger partial charge is 0.329 e. The number of carbonyl (C=O) groups is 5. The lowest BCUT2D eigenvalue weighted by molar-refractivity contribution is -0.166. The maximum atomic E-state index is 13.6. The monoisotopic (exact) mass is 478 g/mol. The zero-order valence-corrected chi connectivity index (χ0v) is 21.1. The van der Waals surface area contributed by atoms with E-state index >= 15 is 0 Å². The zero-order valence-electron chi connectivity index (χ0n) is 21.1. The summed E-state index contributed by atoms with van der Waals surface area (Å²) in [5, 5.41) is 2.81. The van der Waals surface area contributed by atoms with E-state index in [0.29, 0.717) is 19.4 Å². The largest absolute Gasteiger partial charge is 0.450 e. The van der Waals surface area contributed by atoms with Crippen LogP contribution in [0.4, 0.5) is 0 Å². The van der Waals surface area contributed by atoms with E-state index in [9.17, 15) is 24.0 Å². The summed E-state index contributed by atoms with van der Waals surface area (Å²) in [6.07, 6.45) is 1.60. The third-order valence-electron chi connectivity index (χ3n) is 7.02. The maximum Gasteiger partial charge on any atom is 0.329 e. The summed E-state index contributed by atoms with van der Waals surface area (Å²) in [6, 6.07) is -2.59. The van der Waals surface area contributed by atoms with E-state index in [1.165, 1.54) is 34.9 Å². The summed E-state index contributed by atoms with van der Waals surface area (Å²) in [6.45, 7) is 10.9. The van der Waals surface area contributed by atoms with Crippen molar-refractivity contribution in [2.24, 2.45) is 11.8 Å². The molecule has 2 heterocycles. The van der Waals surface area contributed by atoms with Gasteiger partial charge in [-0.1, -0.05) is 33.3 Å². The summed E-state index contributed by atoms with van der Waals surface area (Å²) in [5.74, 6) is -2.91. The van der Waals surface area contributed by atoms with Crippen molar-refractivity contribution in [1.82, 2.24) is 20.0 Å². The van der Waals surface area contributed by atoms with Gasteiger partial charge in [-0.15, -0.1) is 6.58 Å². The van der Waals surface area contributed by atoms with Crippen LogP contribution in [-0.2, 0) is 28.7 Å². The predicted octanol–water partition coefficient (Wildman–Crippen LogP) is 0.561. The van der Waals surface area contributed by atoms with Gasteiger partial charge in [0.25, 0.3) is 5.91 Å². The Hall–Kier alpha value is -2.91. The van der Waals surface area contributed by atoms with E-state index in [2.05, 4.69) is 11.9 Å². The van der Waals surface area contributed by atoms with Gasteiger partial charge in [0.05, 0.1) is 6.54 Å². The van der Waals surface area contributed by atoms with Gasteiger partial charge in [-0.05, 0) is 25.2 Å². The third-order valence-corrected chi connectivity index (χ3v) is 7.02. The van der Waals surface area contributed by atoms with Crippen molar-refractivity contribution in [3.63, 3.8) is 0 Å². The quantitative estimate of drug-likeness (QED) is 0.466. The second-order valence-corrected chi connectivity index (χ2v) is 9.44. The summed E-state index contributed by atoms with van der Waals surface area (Å²) < 4.78 is 5.60. The Kier molecular flexibility index (Phi) is 9.23. The van der Waals surface area contributed by atoms with Crippen molar-refractivity contribution in [2.75, 3.05) is 27.2 Å². The average Bonchev–Trinajstić information content (AvgIpc) is 3.20. The van der Waals surface area contributed by atoms with E-state index in [1.807, 2.05) is 20.8 Å². The molecule has 0 saturated carbocycles. The van der Waals surface area contributed by atoms with Crippen LogP contribution < -0.4 is 5.32 Å². The Bertz CT molecular complexity index is 830. The lowest BCUT2D eigenvalue weighted by atomic mass is 9.96. The van der Waals surface area contributed by atoms with Crippen LogP contribution in [0, 0.1) is 11.8 Å². The molecule has 0 aliphatic carbocycles. The van der Waals surface area contributed by atoms with Crippen molar-refractivity contribution < 1.29 is 28.7 Å². The van der Waals surface area contributed by atoms with E-state index < -0.39 is 47.9 Å². The second kappa shape index (κ2) is 11.5. The molecule has 190 valence electrons. The summed E-state index contributed by atoms with van der Waals surface area (Å²) >= 11 is 0. The highest BCUT2D eigenvalue weighted by molar-refractivity contribution is 5.95. The van der Waals surface area contributed by atoms with E-state index in [1.54, 1.807) is 6.92 Å². The molecule has 34 heavy (non-hydrogen) atoms. The number of nitrogens with one attached hydrogen (secondary N) is 1. The van der Waals surface area contributed by atoms with Crippen molar-refractivity contribution in [3.05, 3.63) is 12.7 Å². The normalized spacial score (nSPS) is 30.8. The molecule has 2 rings (SSSR count). The van der Waals surface area contributed by atoms with Crippen LogP contribution in [0.25, 0.3) is 0 Å². The topological polar surface area (TPSA) is 116 Å². The summed E-state index contributed by atoms with van der Waals surface area (Å²) in [5.41, 5.74) is 0. The number of rotatable bonds is 4. The highest BCUT2D eigenvalue weighted by Gasteiger charge is 2.45. The molecule has 0 aromatic heterocycles. The molecule has 6 atom stereocenters. The minimum atomic E-state index is -1.16. The van der Waals surface area contributed by atoms with Crippen molar-refractivity contribution in [2.45, 2.75) is 71.2 Å². The van der Waals surface area contributed by atoms with Crippen molar-refractivity contribution in [1.29, 1.82) is 0 Å². The molecule has 2 aliphatic heterocycles. The fourth-order valence-corrected chi connectivity index (χ4v) is 4.28. The Morgan fingerprint density at radius 1 is 1.15 bits per heavy atom. The SMILES string of the molecule is C=CCC1OC(=O)[C@@H]2C(C)CCN2C(=O)[C@H]([C@@H](C)CC)NC(=O)[C@H](C)N(C)C(=O)CN(C)C1=O. The van der Waals surface area contributed by atoms with Gasteiger partial charge in [0.15, 0.2) is 6.10 Å². The highest BCUT2D eigenvalue weighted by Crippen LogP contribution is 2.28. The molecule has 0 bridgehead atoms. The standard InChI is InChI=1S/C24H38N4O6/c1-8-10-17-22(31)26(6)13-18(29)27(7)16(5)21(30)25-19(14(3)9-2)23(32)28-12-11-15(4)20(28)24(33)34-17/h8,14-17,19-20H,1,9-13H2,2-7H3,(H,25,30)/t14-,15?,16-,17?,19-,20-/m0/s1. The minimum absolute atomic E-state index is 0.0694. The second-order valence-electron chi connectivity index (χ2n) is 9.44. The first-order chi connectivity index (χ1) is 15.9. The van der Waals surface area contributed by atoms with E-state index in [4.69, 9.17) is 4.74 Å². The number of nitrogens with zero attached hydrogens (tertiary/aromatic N) is 3. The Morgan fingerprint density at radius 2 is 1.79 bits per heavy atom. The van der Waals surface area contributed by atoms with Gasteiger partial charge in [-0.2, -0.15) is 0 Å². The fourth-order valence-electron chi connectivity index (χ4n) is 4.28. The molecule has 0 spiro atoms. The van der Waals surface area contributed by atoms with Gasteiger partial charge >= 0.3 is 5.97 Å². The maximum absolute atomic E-state index is 13.6. The van der Waals surface area contributed by atoms with Gasteiger partial charge in [0.1, 0.15) is 18.1 Å². The molecule has 2 fully saturated rings. The molecule has 10 nitrogen and oxygen atoms in total. The number of cyclic esters (lactones) is 1. The predicted molar refractivity (Wildman–Crippen MR) is 125 cm³/mol. The molecule has 2 unspecified atom stereocenters. The summed E-state index contributed by atoms with van der Waals surface area (Å²) in [4.78, 5) is 69.5. The van der Waals surface area contributed by atoms with Crippen LogP contribution in [0.3, 0.4) is 0 Å². The van der Waals surface area contributed by atoms with E-state index in [-0.39, 0.29) is 30.7 Å². The molecule has 0 aromatic rings. The highest BCUT2D eigenvalue weighted by atomic mass is 16.5. The van der Waals surface area contributed by atoms with Crippen LogP contribution in [0.2, 0.25) is 0 Å². The first-order valence-corrected chi connectivity index (χ1v) is 11.9. The Balaban J connectivity index is 2.52. The zero-order chi connectivity index (χ0) is 25.7. The Labute approximate surface area is 201 Å². The lowest BCUT2D eigenvalue weighted by Gasteiger charge is -2.33. The van der Waals surface area contributed by atoms with E-state index in [0.717, 1.165) is 0 Å². The lowest BCUT2D eigenvalue weighted by Crippen LogP contribution is -2.58. The van der Waals surface area contributed by atoms with Crippen LogP contribution in [0.1, 0.15) is 47.0 Å². The number of fused-ring (bicyclic) bond motifs is 1. The number of ether oxygens (including phenoxy) is 1. The number of likely N-dealkylation sites (N-methyl/N-ethyl adjacent to an activating group) is 2. The number of hydrogen-bond donors (Lipinski definition) is 1. The molecule has 2 aliphatic rings. The first-order valence-electron chi connectivity index (χ1n) is 11.9. The molecule has 2 saturated heterocycles. The van der Waals surface area contributed by atoms with Crippen LogP contribution in [-0.4, -0.2) is 95.7 Å².